The Kier molecular flexibility index (Phi) is 4.50. The van der Waals surface area contributed by atoms with Gasteiger partial charge in [0.1, 0.15) is 12.4 Å². The Hall–Kier alpha value is -2.04. The van der Waals surface area contributed by atoms with Crippen molar-refractivity contribution in [2.75, 3.05) is 6.61 Å². The Morgan fingerprint density at radius 2 is 2.00 bits per heavy atom. The minimum Gasteiger partial charge on any atom is -0.491 e. The van der Waals surface area contributed by atoms with Gasteiger partial charge in [-0.15, -0.1) is 0 Å². The zero-order valence-electron chi connectivity index (χ0n) is 12.4. The van der Waals surface area contributed by atoms with Crippen LogP contribution in [0, 0.1) is 5.41 Å². The van der Waals surface area contributed by atoms with Gasteiger partial charge in [-0.05, 0) is 18.9 Å². The maximum absolute atomic E-state index is 12.2. The van der Waals surface area contributed by atoms with E-state index in [1.54, 1.807) is 13.8 Å². The van der Waals surface area contributed by atoms with E-state index in [2.05, 4.69) is 5.32 Å². The number of benzene rings is 1. The predicted molar refractivity (Wildman–Crippen MR) is 78.1 cm³/mol. The van der Waals surface area contributed by atoms with E-state index in [1.165, 1.54) is 0 Å². The molecule has 1 unspecified atom stereocenters. The van der Waals surface area contributed by atoms with E-state index in [0.29, 0.717) is 19.4 Å². The zero-order chi connectivity index (χ0) is 15.5. The number of carboxylic acids is 1. The van der Waals surface area contributed by atoms with Gasteiger partial charge in [-0.3, -0.25) is 9.59 Å². The van der Waals surface area contributed by atoms with E-state index in [4.69, 9.17) is 4.74 Å². The van der Waals surface area contributed by atoms with Gasteiger partial charge in [0, 0.05) is 12.0 Å². The van der Waals surface area contributed by atoms with Gasteiger partial charge in [0.15, 0.2) is 0 Å². The van der Waals surface area contributed by atoms with Crippen molar-refractivity contribution in [3.63, 3.8) is 0 Å². The second-order valence-corrected chi connectivity index (χ2v) is 5.44. The van der Waals surface area contributed by atoms with Crippen LogP contribution in [0.2, 0.25) is 0 Å². The summed E-state index contributed by atoms with van der Waals surface area (Å²) in [7, 11) is 0. The first kappa shape index (κ1) is 15.4. The highest BCUT2D eigenvalue weighted by Gasteiger charge is 2.38. The first-order chi connectivity index (χ1) is 10.0. The monoisotopic (exact) mass is 291 g/mol. The van der Waals surface area contributed by atoms with E-state index in [-0.39, 0.29) is 18.4 Å². The summed E-state index contributed by atoms with van der Waals surface area (Å²) in [6.45, 7) is 4.00. The topological polar surface area (TPSA) is 75.6 Å². The van der Waals surface area contributed by atoms with Gasteiger partial charge in [-0.1, -0.05) is 32.0 Å². The normalized spacial score (nSPS) is 17.0. The van der Waals surface area contributed by atoms with Crippen molar-refractivity contribution in [2.24, 2.45) is 5.41 Å². The second-order valence-electron chi connectivity index (χ2n) is 5.44. The maximum atomic E-state index is 12.2. The average Bonchev–Trinajstić information content (AvgIpc) is 2.88. The molecule has 1 aromatic carbocycles. The molecule has 5 heteroatoms. The molecule has 0 bridgehead atoms. The van der Waals surface area contributed by atoms with Crippen molar-refractivity contribution in [2.45, 2.75) is 39.2 Å². The number of aliphatic carboxylic acids is 1. The molecule has 0 aromatic heterocycles. The van der Waals surface area contributed by atoms with Gasteiger partial charge < -0.3 is 15.2 Å². The molecule has 1 heterocycles. The lowest BCUT2D eigenvalue weighted by Crippen LogP contribution is -2.38. The fraction of sp³-hybridized carbons (Fsp3) is 0.500. The second kappa shape index (κ2) is 6.16. The number of ether oxygens (including phenoxy) is 1. The van der Waals surface area contributed by atoms with Crippen LogP contribution in [0.3, 0.4) is 0 Å². The van der Waals surface area contributed by atoms with Gasteiger partial charge in [-0.25, -0.2) is 0 Å². The summed E-state index contributed by atoms with van der Waals surface area (Å²) in [5.41, 5.74) is -0.0388. The van der Waals surface area contributed by atoms with E-state index >= 15 is 0 Å². The number of carboxylic acid groups (broad SMARTS) is 1. The molecule has 1 amide bonds. The van der Waals surface area contributed by atoms with Gasteiger partial charge in [0.2, 0.25) is 5.91 Å². The number of nitrogens with one attached hydrogen (secondary N) is 1. The summed E-state index contributed by atoms with van der Waals surface area (Å²) < 4.78 is 5.51. The molecule has 0 saturated heterocycles. The summed E-state index contributed by atoms with van der Waals surface area (Å²) in [6, 6.07) is 7.35. The lowest BCUT2D eigenvalue weighted by molar-refractivity contribution is -0.152. The summed E-state index contributed by atoms with van der Waals surface area (Å²) in [6.07, 6.45) is 0.863. The molecular formula is C16H21NO4. The van der Waals surface area contributed by atoms with Crippen LogP contribution in [-0.2, 0) is 9.59 Å². The van der Waals surface area contributed by atoms with Crippen LogP contribution < -0.4 is 10.1 Å². The average molecular weight is 291 g/mol. The third-order valence-electron chi connectivity index (χ3n) is 4.34. The molecule has 0 saturated carbocycles. The highest BCUT2D eigenvalue weighted by molar-refractivity contribution is 5.85. The van der Waals surface area contributed by atoms with Crippen molar-refractivity contribution in [3.8, 4) is 5.75 Å². The Morgan fingerprint density at radius 3 is 2.62 bits per heavy atom. The Bertz CT molecular complexity index is 537. The molecule has 2 N–H and O–H groups in total. The van der Waals surface area contributed by atoms with Crippen LogP contribution in [0.4, 0.5) is 0 Å². The highest BCUT2D eigenvalue weighted by atomic mass is 16.5. The number of carbonyl (C=O) groups excluding carboxylic acids is 1. The first-order valence-electron chi connectivity index (χ1n) is 7.27. The molecule has 0 fully saturated rings. The fourth-order valence-corrected chi connectivity index (χ4v) is 2.71. The molecule has 0 radical (unpaired) electrons. The predicted octanol–water partition coefficient (Wildman–Crippen LogP) is 2.52. The van der Waals surface area contributed by atoms with Gasteiger partial charge in [0.25, 0.3) is 0 Å². The number of para-hydroxylation sites is 1. The third kappa shape index (κ3) is 3.01. The lowest BCUT2D eigenvalue weighted by atomic mass is 9.79. The van der Waals surface area contributed by atoms with E-state index in [0.717, 1.165) is 11.3 Å². The van der Waals surface area contributed by atoms with E-state index in [1.807, 2.05) is 24.3 Å². The third-order valence-corrected chi connectivity index (χ3v) is 4.34. The smallest absolute Gasteiger partial charge is 0.310 e. The fourth-order valence-electron chi connectivity index (χ4n) is 2.71. The first-order valence-corrected chi connectivity index (χ1v) is 7.27. The Balaban J connectivity index is 2.04. The molecule has 0 aliphatic carbocycles. The van der Waals surface area contributed by atoms with Crippen molar-refractivity contribution in [3.05, 3.63) is 29.8 Å². The SMILES string of the molecule is CCC(CC)(CC(=O)NC1COc2ccccc21)C(=O)O. The van der Waals surface area contributed by atoms with Crippen LogP contribution in [0.5, 0.6) is 5.75 Å². The molecule has 1 atom stereocenters. The largest absolute Gasteiger partial charge is 0.491 e. The molecule has 2 rings (SSSR count). The lowest BCUT2D eigenvalue weighted by Gasteiger charge is -2.26. The number of carbonyl (C=O) groups is 2. The number of hydrogen-bond donors (Lipinski definition) is 2. The summed E-state index contributed by atoms with van der Waals surface area (Å²) in [5, 5.41) is 12.3. The Morgan fingerprint density at radius 1 is 1.33 bits per heavy atom. The zero-order valence-corrected chi connectivity index (χ0v) is 12.4. The van der Waals surface area contributed by atoms with Crippen LogP contribution >= 0.6 is 0 Å². The maximum Gasteiger partial charge on any atom is 0.310 e. The molecule has 114 valence electrons. The quantitative estimate of drug-likeness (QED) is 0.844. The van der Waals surface area contributed by atoms with Crippen molar-refractivity contribution in [1.29, 1.82) is 0 Å². The molecule has 1 aliphatic heterocycles. The van der Waals surface area contributed by atoms with E-state index in [9.17, 15) is 14.7 Å². The number of hydrogen-bond acceptors (Lipinski definition) is 3. The van der Waals surface area contributed by atoms with Crippen LogP contribution in [-0.4, -0.2) is 23.6 Å². The van der Waals surface area contributed by atoms with Crippen LogP contribution in [0.1, 0.15) is 44.7 Å². The number of amides is 1. The molecule has 0 spiro atoms. The Labute approximate surface area is 124 Å². The minimum absolute atomic E-state index is 0.00595. The molecule has 1 aliphatic rings. The van der Waals surface area contributed by atoms with Crippen molar-refractivity contribution < 1.29 is 19.4 Å². The van der Waals surface area contributed by atoms with Crippen LogP contribution in [0.15, 0.2) is 24.3 Å². The summed E-state index contributed by atoms with van der Waals surface area (Å²) in [5.74, 6) is -0.379. The number of fused-ring (bicyclic) bond motifs is 1. The number of rotatable bonds is 6. The molecular weight excluding hydrogens is 270 g/mol. The summed E-state index contributed by atoms with van der Waals surface area (Å²) in [4.78, 5) is 23.7. The van der Waals surface area contributed by atoms with Crippen molar-refractivity contribution in [1.82, 2.24) is 5.32 Å². The molecule has 21 heavy (non-hydrogen) atoms. The molecule has 1 aromatic rings. The highest BCUT2D eigenvalue weighted by Crippen LogP contribution is 2.34. The van der Waals surface area contributed by atoms with Gasteiger partial charge in [-0.2, -0.15) is 0 Å². The van der Waals surface area contributed by atoms with Gasteiger partial charge in [0.05, 0.1) is 11.5 Å². The van der Waals surface area contributed by atoms with Crippen LogP contribution in [0.25, 0.3) is 0 Å². The molecule has 5 nitrogen and oxygen atoms in total. The summed E-state index contributed by atoms with van der Waals surface area (Å²) >= 11 is 0. The van der Waals surface area contributed by atoms with Crippen molar-refractivity contribution >= 4 is 11.9 Å². The van der Waals surface area contributed by atoms with E-state index < -0.39 is 11.4 Å². The standard InChI is InChI=1S/C16H21NO4/c1-3-16(4-2,15(19)20)9-14(18)17-12-10-21-13-8-6-5-7-11(12)13/h5-8,12H,3-4,9-10H2,1-2H3,(H,17,18)(H,19,20). The van der Waals surface area contributed by atoms with Gasteiger partial charge >= 0.3 is 5.97 Å². The minimum atomic E-state index is -0.983.